The molecule has 1 heterocycles. The van der Waals surface area contributed by atoms with Crippen molar-refractivity contribution in [3.63, 3.8) is 0 Å². The molecule has 4 rings (SSSR count). The van der Waals surface area contributed by atoms with E-state index in [4.69, 9.17) is 0 Å². The van der Waals surface area contributed by atoms with Crippen LogP contribution in [-0.4, -0.2) is 54.9 Å². The van der Waals surface area contributed by atoms with E-state index in [0.29, 0.717) is 6.04 Å². The lowest BCUT2D eigenvalue weighted by atomic mass is 9.65. The second kappa shape index (κ2) is 8.84. The minimum Gasteiger partial charge on any atom is -0.362 e. The molecule has 0 bridgehead atoms. The van der Waals surface area contributed by atoms with E-state index in [1.807, 2.05) is 0 Å². The van der Waals surface area contributed by atoms with Crippen LogP contribution < -0.4 is 0 Å². The van der Waals surface area contributed by atoms with Crippen LogP contribution in [-0.2, 0) is 0 Å². The molecule has 0 N–H and O–H groups in total. The van der Waals surface area contributed by atoms with Crippen molar-refractivity contribution in [3.8, 4) is 0 Å². The number of hydrogen-bond acceptors (Lipinski definition) is 3. The third-order valence-corrected chi connectivity index (χ3v) is 7.24. The van der Waals surface area contributed by atoms with Gasteiger partial charge in [-0.2, -0.15) is 0 Å². The molecule has 0 aromatic heterocycles. The summed E-state index contributed by atoms with van der Waals surface area (Å²) in [5, 5.41) is 0. The SMILES string of the molecule is CC1CCCCC1N1[B]N(C2CCCCC2)[B]N(C2CCCCC2)[B]1. The molecule has 135 valence electrons. The minimum atomic E-state index is 0.708. The first-order valence-electron chi connectivity index (χ1n) is 11.2. The van der Waals surface area contributed by atoms with Gasteiger partial charge < -0.3 is 14.2 Å². The van der Waals surface area contributed by atoms with Crippen LogP contribution in [0.3, 0.4) is 0 Å². The summed E-state index contributed by atoms with van der Waals surface area (Å²) < 4.78 is 7.83. The molecule has 0 spiro atoms. The van der Waals surface area contributed by atoms with Crippen molar-refractivity contribution in [1.29, 1.82) is 0 Å². The van der Waals surface area contributed by atoms with E-state index in [0.717, 1.165) is 18.0 Å². The summed E-state index contributed by atoms with van der Waals surface area (Å²) in [5.74, 6) is 0.820. The van der Waals surface area contributed by atoms with Crippen LogP contribution in [0.4, 0.5) is 0 Å². The monoisotopic (exact) mass is 338 g/mol. The van der Waals surface area contributed by atoms with Gasteiger partial charge in [0.25, 0.3) is 22.6 Å². The lowest BCUT2D eigenvalue weighted by Crippen LogP contribution is -2.68. The van der Waals surface area contributed by atoms with E-state index in [1.54, 1.807) is 0 Å². The minimum absolute atomic E-state index is 0.708. The maximum Gasteiger partial charge on any atom is 0.290 e. The Morgan fingerprint density at radius 1 is 0.520 bits per heavy atom. The predicted octanol–water partition coefficient (Wildman–Crippen LogP) is 3.75. The van der Waals surface area contributed by atoms with Crippen molar-refractivity contribution in [1.82, 2.24) is 14.2 Å². The van der Waals surface area contributed by atoms with E-state index in [9.17, 15) is 0 Å². The first kappa shape index (κ1) is 18.4. The Kier molecular flexibility index (Phi) is 6.52. The first-order chi connectivity index (χ1) is 12.3. The molecule has 3 aliphatic carbocycles. The lowest BCUT2D eigenvalue weighted by molar-refractivity contribution is 0.215. The average molecular weight is 338 g/mol. The molecular formula is C19H35B3N3. The second-order valence-electron chi connectivity index (χ2n) is 9.10. The number of nitrogens with zero attached hydrogens (tertiary/aromatic N) is 3. The predicted molar refractivity (Wildman–Crippen MR) is 108 cm³/mol. The van der Waals surface area contributed by atoms with Gasteiger partial charge in [-0.25, -0.2) is 0 Å². The molecule has 2 unspecified atom stereocenters. The Morgan fingerprint density at radius 3 is 1.48 bits per heavy atom. The molecular weight excluding hydrogens is 303 g/mol. The highest BCUT2D eigenvalue weighted by Gasteiger charge is 2.40. The van der Waals surface area contributed by atoms with Gasteiger partial charge in [-0.1, -0.05) is 58.3 Å². The average Bonchev–Trinajstić information content (AvgIpc) is 2.69. The largest absolute Gasteiger partial charge is 0.362 e. The summed E-state index contributed by atoms with van der Waals surface area (Å²) in [6.45, 7) is 2.47. The van der Waals surface area contributed by atoms with Crippen molar-refractivity contribution in [2.45, 2.75) is 115 Å². The zero-order valence-corrected chi connectivity index (χ0v) is 16.3. The molecule has 3 saturated carbocycles. The standard InChI is InChI=1S/C19H35B3N3/c1-16-10-8-9-15-19(16)25-21-23(17-11-4-2-5-12-17)20-24(22-25)18-13-6-3-7-14-18/h16-19H,2-15H2,1H3. The maximum atomic E-state index is 2.62. The van der Waals surface area contributed by atoms with E-state index in [-0.39, 0.29) is 0 Å². The Morgan fingerprint density at radius 2 is 0.960 bits per heavy atom. The summed E-state index contributed by atoms with van der Waals surface area (Å²) in [6.07, 6.45) is 19.6. The number of hydrogen-bond donors (Lipinski definition) is 0. The molecule has 0 amide bonds. The molecule has 0 aromatic rings. The molecule has 0 aromatic carbocycles. The third kappa shape index (κ3) is 4.50. The van der Waals surface area contributed by atoms with Gasteiger partial charge in [0.05, 0.1) is 0 Å². The summed E-state index contributed by atoms with van der Waals surface area (Å²) in [4.78, 5) is 0. The van der Waals surface area contributed by atoms with Crippen molar-refractivity contribution >= 4 is 22.6 Å². The van der Waals surface area contributed by atoms with E-state index < -0.39 is 0 Å². The van der Waals surface area contributed by atoms with Gasteiger partial charge >= 0.3 is 0 Å². The molecule has 6 heteroatoms. The quantitative estimate of drug-likeness (QED) is 0.726. The second-order valence-corrected chi connectivity index (χ2v) is 9.10. The fourth-order valence-electron chi connectivity index (χ4n) is 5.60. The maximum absolute atomic E-state index is 2.62. The van der Waals surface area contributed by atoms with Crippen LogP contribution in [0.5, 0.6) is 0 Å². The summed E-state index contributed by atoms with van der Waals surface area (Å²) in [7, 11) is 7.42. The Hall–Kier alpha value is 0.0748. The lowest BCUT2D eigenvalue weighted by Gasteiger charge is -2.51. The fraction of sp³-hybridized carbons (Fsp3) is 1.00. The topological polar surface area (TPSA) is 9.72 Å². The molecule has 25 heavy (non-hydrogen) atoms. The van der Waals surface area contributed by atoms with Crippen LogP contribution in [0.25, 0.3) is 0 Å². The van der Waals surface area contributed by atoms with Gasteiger partial charge in [-0.15, -0.1) is 0 Å². The Balaban J connectivity index is 1.47. The zero-order valence-electron chi connectivity index (χ0n) is 16.3. The van der Waals surface area contributed by atoms with Gasteiger partial charge in [0.1, 0.15) is 0 Å². The van der Waals surface area contributed by atoms with Crippen LogP contribution in [0.1, 0.15) is 96.8 Å². The smallest absolute Gasteiger partial charge is 0.290 e. The van der Waals surface area contributed by atoms with Crippen LogP contribution in [0.15, 0.2) is 0 Å². The van der Waals surface area contributed by atoms with Gasteiger partial charge in [0, 0.05) is 0 Å². The molecule has 4 fully saturated rings. The zero-order chi connectivity index (χ0) is 17.1. The van der Waals surface area contributed by atoms with Crippen molar-refractivity contribution < 1.29 is 0 Å². The molecule has 3 radical (unpaired) electrons. The van der Waals surface area contributed by atoms with Crippen molar-refractivity contribution in [2.75, 3.05) is 0 Å². The Bertz CT molecular complexity index is 387. The van der Waals surface area contributed by atoms with Gasteiger partial charge in [-0.3, -0.25) is 0 Å². The highest BCUT2D eigenvalue weighted by atomic mass is 15.3. The van der Waals surface area contributed by atoms with Crippen LogP contribution in [0.2, 0.25) is 0 Å². The molecule has 2 atom stereocenters. The molecule has 3 nitrogen and oxygen atoms in total. The van der Waals surface area contributed by atoms with E-state index in [2.05, 4.69) is 43.7 Å². The number of rotatable bonds is 3. The summed E-state index contributed by atoms with van der Waals surface area (Å²) in [5.41, 5.74) is 0. The molecule has 1 aliphatic heterocycles. The highest BCUT2D eigenvalue weighted by Crippen LogP contribution is 2.31. The van der Waals surface area contributed by atoms with Crippen molar-refractivity contribution in [2.24, 2.45) is 5.92 Å². The molecule has 4 aliphatic rings. The van der Waals surface area contributed by atoms with Gasteiger partial charge in [-0.05, 0) is 62.6 Å². The normalized spacial score (nSPS) is 34.9. The van der Waals surface area contributed by atoms with E-state index in [1.165, 1.54) is 89.9 Å². The Labute approximate surface area is 158 Å². The van der Waals surface area contributed by atoms with Gasteiger partial charge in [0.2, 0.25) is 0 Å². The van der Waals surface area contributed by atoms with Gasteiger partial charge in [0.15, 0.2) is 0 Å². The fourth-order valence-corrected chi connectivity index (χ4v) is 5.60. The summed E-state index contributed by atoms with van der Waals surface area (Å²) in [6, 6.07) is 2.17. The summed E-state index contributed by atoms with van der Waals surface area (Å²) >= 11 is 0. The van der Waals surface area contributed by atoms with Crippen molar-refractivity contribution in [3.05, 3.63) is 0 Å². The molecule has 1 saturated heterocycles. The van der Waals surface area contributed by atoms with E-state index >= 15 is 0 Å². The first-order valence-corrected chi connectivity index (χ1v) is 11.2. The third-order valence-electron chi connectivity index (χ3n) is 7.24. The van der Waals surface area contributed by atoms with Crippen LogP contribution in [0, 0.1) is 5.92 Å². The highest BCUT2D eigenvalue weighted by molar-refractivity contribution is 6.65. The van der Waals surface area contributed by atoms with Crippen LogP contribution >= 0.6 is 0 Å².